The highest BCUT2D eigenvalue weighted by atomic mass is 79.9. The quantitative estimate of drug-likeness (QED) is 0.413. The zero-order valence-corrected chi connectivity index (χ0v) is 16.4. The second-order valence-electron chi connectivity index (χ2n) is 6.11. The third kappa shape index (κ3) is 3.93. The van der Waals surface area contributed by atoms with Gasteiger partial charge < -0.3 is 0 Å². The molecule has 4 nitrogen and oxygen atoms in total. The number of hydrogen-bond donors (Lipinski definition) is 0. The van der Waals surface area contributed by atoms with Gasteiger partial charge in [-0.1, -0.05) is 76.6 Å². The van der Waals surface area contributed by atoms with Gasteiger partial charge in [0.05, 0.1) is 28.1 Å². The van der Waals surface area contributed by atoms with Crippen LogP contribution in [0.1, 0.15) is 11.6 Å². The van der Waals surface area contributed by atoms with E-state index in [4.69, 9.17) is 0 Å². The van der Waals surface area contributed by atoms with Crippen LogP contribution in [0.2, 0.25) is 0 Å². The van der Waals surface area contributed by atoms with Gasteiger partial charge in [0.25, 0.3) is 0 Å². The molecule has 2 aromatic carbocycles. The standard InChI is InChI=1S/C22H17BrN4/c1-15-24-18(16-8-4-2-5-9-16)12-20(25-15)21-13-19(26-22(14-23)27-21)17-10-6-3-7-11-17/h2-13H,14H2,1H3. The Bertz CT molecular complexity index is 1070. The molecule has 0 aliphatic carbocycles. The smallest absolute Gasteiger partial charge is 0.140 e. The first-order valence-corrected chi connectivity index (χ1v) is 9.76. The van der Waals surface area contributed by atoms with E-state index >= 15 is 0 Å². The fourth-order valence-electron chi connectivity index (χ4n) is 2.90. The van der Waals surface area contributed by atoms with Crippen molar-refractivity contribution in [1.82, 2.24) is 19.9 Å². The van der Waals surface area contributed by atoms with Gasteiger partial charge in [0.1, 0.15) is 11.6 Å². The molecule has 2 aromatic heterocycles. The summed E-state index contributed by atoms with van der Waals surface area (Å²) in [5, 5.41) is 0.580. The molecule has 0 radical (unpaired) electrons. The fourth-order valence-corrected chi connectivity index (χ4v) is 3.15. The number of alkyl halides is 1. The van der Waals surface area contributed by atoms with Gasteiger partial charge in [0.2, 0.25) is 0 Å². The first kappa shape index (κ1) is 17.5. The van der Waals surface area contributed by atoms with Crippen LogP contribution < -0.4 is 0 Å². The normalized spacial score (nSPS) is 10.7. The van der Waals surface area contributed by atoms with E-state index in [2.05, 4.69) is 35.9 Å². The van der Waals surface area contributed by atoms with Gasteiger partial charge >= 0.3 is 0 Å². The lowest BCUT2D eigenvalue weighted by atomic mass is 10.1. The average Bonchev–Trinajstić information content (AvgIpc) is 2.74. The molecule has 27 heavy (non-hydrogen) atoms. The van der Waals surface area contributed by atoms with E-state index in [1.54, 1.807) is 0 Å². The van der Waals surface area contributed by atoms with Gasteiger partial charge in [-0.2, -0.15) is 0 Å². The van der Waals surface area contributed by atoms with Crippen molar-refractivity contribution in [2.75, 3.05) is 0 Å². The molecule has 0 bridgehead atoms. The monoisotopic (exact) mass is 416 g/mol. The largest absolute Gasteiger partial charge is 0.233 e. The van der Waals surface area contributed by atoms with Crippen molar-refractivity contribution in [3.05, 3.63) is 84.4 Å². The van der Waals surface area contributed by atoms with E-state index in [1.807, 2.05) is 79.7 Å². The van der Waals surface area contributed by atoms with Crippen LogP contribution in [0.5, 0.6) is 0 Å². The van der Waals surface area contributed by atoms with Crippen LogP contribution in [0.3, 0.4) is 0 Å². The topological polar surface area (TPSA) is 51.6 Å². The van der Waals surface area contributed by atoms with Gasteiger partial charge in [-0.15, -0.1) is 0 Å². The summed E-state index contributed by atoms with van der Waals surface area (Å²) in [5.74, 6) is 1.44. The first-order chi connectivity index (χ1) is 13.2. The van der Waals surface area contributed by atoms with Crippen molar-refractivity contribution in [3.63, 3.8) is 0 Å². The van der Waals surface area contributed by atoms with Crippen molar-refractivity contribution in [1.29, 1.82) is 0 Å². The Balaban J connectivity index is 1.85. The second kappa shape index (κ2) is 7.76. The number of aryl methyl sites for hydroxylation is 1. The molecular formula is C22H17BrN4. The number of halogens is 1. The molecule has 4 rings (SSSR count). The summed E-state index contributed by atoms with van der Waals surface area (Å²) in [4.78, 5) is 18.5. The molecule has 132 valence electrons. The Morgan fingerprint density at radius 3 is 1.63 bits per heavy atom. The van der Waals surface area contributed by atoms with Crippen molar-refractivity contribution < 1.29 is 0 Å². The number of rotatable bonds is 4. The fraction of sp³-hybridized carbons (Fsp3) is 0.0909. The van der Waals surface area contributed by atoms with E-state index in [9.17, 15) is 0 Å². The van der Waals surface area contributed by atoms with Crippen molar-refractivity contribution >= 4 is 15.9 Å². The average molecular weight is 417 g/mol. The molecule has 0 aliphatic rings. The van der Waals surface area contributed by atoms with E-state index < -0.39 is 0 Å². The Morgan fingerprint density at radius 1 is 0.630 bits per heavy atom. The molecule has 0 fully saturated rings. The molecule has 5 heteroatoms. The summed E-state index contributed by atoms with van der Waals surface area (Å²) >= 11 is 3.48. The van der Waals surface area contributed by atoms with Crippen LogP contribution in [0.25, 0.3) is 33.9 Å². The Hall–Kier alpha value is -2.92. The van der Waals surface area contributed by atoms with Gasteiger partial charge in [0, 0.05) is 11.1 Å². The van der Waals surface area contributed by atoms with E-state index in [-0.39, 0.29) is 0 Å². The Morgan fingerprint density at radius 2 is 1.07 bits per heavy atom. The predicted molar refractivity (Wildman–Crippen MR) is 111 cm³/mol. The van der Waals surface area contributed by atoms with Crippen LogP contribution in [-0.2, 0) is 5.33 Å². The number of aromatic nitrogens is 4. The summed E-state index contributed by atoms with van der Waals surface area (Å²) in [7, 11) is 0. The lowest BCUT2D eigenvalue weighted by molar-refractivity contribution is 1.02. The minimum atomic E-state index is 0.580. The predicted octanol–water partition coefficient (Wildman–Crippen LogP) is 5.47. The number of nitrogens with zero attached hydrogens (tertiary/aromatic N) is 4. The summed E-state index contributed by atoms with van der Waals surface area (Å²) in [6.45, 7) is 1.90. The summed E-state index contributed by atoms with van der Waals surface area (Å²) < 4.78 is 0. The molecular weight excluding hydrogens is 400 g/mol. The Kier molecular flexibility index (Phi) is 5.03. The maximum Gasteiger partial charge on any atom is 0.140 e. The summed E-state index contributed by atoms with van der Waals surface area (Å²) in [6, 6.07) is 24.2. The third-order valence-electron chi connectivity index (χ3n) is 4.13. The Labute approximate surface area is 166 Å². The molecule has 0 unspecified atom stereocenters. The summed E-state index contributed by atoms with van der Waals surface area (Å²) in [5.41, 5.74) is 5.47. The van der Waals surface area contributed by atoms with Crippen LogP contribution in [-0.4, -0.2) is 19.9 Å². The molecule has 2 heterocycles. The van der Waals surface area contributed by atoms with Crippen molar-refractivity contribution in [3.8, 4) is 33.9 Å². The maximum absolute atomic E-state index is 4.68. The van der Waals surface area contributed by atoms with E-state index in [1.165, 1.54) is 0 Å². The molecule has 4 aromatic rings. The lowest BCUT2D eigenvalue weighted by Gasteiger charge is -2.09. The highest BCUT2D eigenvalue weighted by Crippen LogP contribution is 2.26. The number of benzene rings is 2. The molecule has 0 aliphatic heterocycles. The zero-order valence-electron chi connectivity index (χ0n) is 14.8. The maximum atomic E-state index is 4.68. The molecule has 0 saturated heterocycles. The van der Waals surface area contributed by atoms with Crippen molar-refractivity contribution in [2.24, 2.45) is 0 Å². The molecule has 0 spiro atoms. The zero-order chi connectivity index (χ0) is 18.6. The third-order valence-corrected chi connectivity index (χ3v) is 4.63. The SMILES string of the molecule is Cc1nc(-c2ccccc2)cc(-c2cc(-c3ccccc3)nc(CBr)n2)n1. The van der Waals surface area contributed by atoms with E-state index in [0.717, 1.165) is 39.7 Å². The first-order valence-electron chi connectivity index (χ1n) is 8.64. The molecule has 0 atom stereocenters. The van der Waals surface area contributed by atoms with Crippen molar-refractivity contribution in [2.45, 2.75) is 12.3 Å². The van der Waals surface area contributed by atoms with Crippen LogP contribution in [0.15, 0.2) is 72.8 Å². The minimum Gasteiger partial charge on any atom is -0.233 e. The van der Waals surface area contributed by atoms with Crippen LogP contribution in [0.4, 0.5) is 0 Å². The molecule has 0 N–H and O–H groups in total. The highest BCUT2D eigenvalue weighted by molar-refractivity contribution is 9.08. The van der Waals surface area contributed by atoms with Gasteiger partial charge in [-0.25, -0.2) is 19.9 Å². The summed E-state index contributed by atoms with van der Waals surface area (Å²) in [6.07, 6.45) is 0. The van der Waals surface area contributed by atoms with Crippen LogP contribution in [0, 0.1) is 6.92 Å². The van der Waals surface area contributed by atoms with Gasteiger partial charge in [-0.3, -0.25) is 0 Å². The lowest BCUT2D eigenvalue weighted by Crippen LogP contribution is -2.00. The second-order valence-corrected chi connectivity index (χ2v) is 6.67. The highest BCUT2D eigenvalue weighted by Gasteiger charge is 2.12. The van der Waals surface area contributed by atoms with Gasteiger partial charge in [0.15, 0.2) is 0 Å². The molecule has 0 amide bonds. The molecule has 0 saturated carbocycles. The minimum absolute atomic E-state index is 0.580. The number of hydrogen-bond acceptors (Lipinski definition) is 4. The van der Waals surface area contributed by atoms with Gasteiger partial charge in [-0.05, 0) is 19.1 Å². The van der Waals surface area contributed by atoms with E-state index in [0.29, 0.717) is 11.2 Å². The van der Waals surface area contributed by atoms with Crippen LogP contribution >= 0.6 is 15.9 Å².